The molecule has 0 unspecified atom stereocenters. The summed E-state index contributed by atoms with van der Waals surface area (Å²) >= 11 is 6.04. The molecule has 0 spiro atoms. The molecule has 2 aromatic rings. The van der Waals surface area contributed by atoms with Crippen LogP contribution in [0.1, 0.15) is 5.82 Å². The van der Waals surface area contributed by atoms with Gasteiger partial charge in [-0.05, 0) is 18.2 Å². The Morgan fingerprint density at radius 3 is 2.74 bits per heavy atom. The van der Waals surface area contributed by atoms with Crippen molar-refractivity contribution in [2.75, 3.05) is 11.6 Å². The number of nitrogens with zero attached hydrogens (tertiary/aromatic N) is 2. The molecule has 0 bridgehead atoms. The predicted molar refractivity (Wildman–Crippen MR) is 75.1 cm³/mol. The number of aromatic nitrogens is 2. The Kier molecular flexibility index (Phi) is 3.82. The first kappa shape index (κ1) is 13.9. The minimum atomic E-state index is -3.24. The number of halogens is 1. The number of hydrogen-bond acceptors (Lipinski definition) is 4. The van der Waals surface area contributed by atoms with E-state index < -0.39 is 9.84 Å². The highest BCUT2D eigenvalue weighted by molar-refractivity contribution is 7.90. The summed E-state index contributed by atoms with van der Waals surface area (Å²) in [6, 6.07) is 4.59. The summed E-state index contributed by atoms with van der Waals surface area (Å²) < 4.78 is 24.9. The Morgan fingerprint density at radius 2 is 2.16 bits per heavy atom. The minimum Gasteiger partial charge on any atom is -0.377 e. The van der Waals surface area contributed by atoms with E-state index in [4.69, 9.17) is 11.6 Å². The van der Waals surface area contributed by atoms with Crippen molar-refractivity contribution in [1.29, 1.82) is 0 Å². The van der Waals surface area contributed by atoms with Crippen molar-refractivity contribution in [3.05, 3.63) is 41.4 Å². The predicted octanol–water partition coefficient (Wildman–Crippen LogP) is 2.09. The molecule has 0 amide bonds. The maximum absolute atomic E-state index is 11.5. The topological polar surface area (TPSA) is 64.0 Å². The number of benzene rings is 1. The SMILES string of the molecule is Cn1ccnc1CNc1cc(S(C)(=O)=O)ccc1Cl. The van der Waals surface area contributed by atoms with Gasteiger partial charge in [0, 0.05) is 25.7 Å². The summed E-state index contributed by atoms with van der Waals surface area (Å²) in [5, 5.41) is 3.56. The van der Waals surface area contributed by atoms with Crippen LogP contribution >= 0.6 is 11.6 Å². The van der Waals surface area contributed by atoms with Gasteiger partial charge in [0.05, 0.1) is 22.2 Å². The molecule has 0 saturated heterocycles. The summed E-state index contributed by atoms with van der Waals surface area (Å²) in [4.78, 5) is 4.41. The van der Waals surface area contributed by atoms with Crippen molar-refractivity contribution >= 4 is 27.1 Å². The first-order valence-corrected chi connectivity index (χ1v) is 7.84. The quantitative estimate of drug-likeness (QED) is 0.939. The van der Waals surface area contributed by atoms with Crippen LogP contribution < -0.4 is 5.32 Å². The zero-order valence-electron chi connectivity index (χ0n) is 10.6. The van der Waals surface area contributed by atoms with Crippen molar-refractivity contribution in [1.82, 2.24) is 9.55 Å². The van der Waals surface area contributed by atoms with E-state index in [-0.39, 0.29) is 4.90 Å². The van der Waals surface area contributed by atoms with Crippen LogP contribution in [0.2, 0.25) is 5.02 Å². The van der Waals surface area contributed by atoms with Gasteiger partial charge in [-0.15, -0.1) is 0 Å². The molecule has 0 aliphatic heterocycles. The maximum Gasteiger partial charge on any atom is 0.175 e. The number of anilines is 1. The Labute approximate surface area is 117 Å². The number of aryl methyl sites for hydroxylation is 1. The first-order valence-electron chi connectivity index (χ1n) is 5.57. The molecule has 1 aromatic carbocycles. The summed E-state index contributed by atoms with van der Waals surface area (Å²) in [5.41, 5.74) is 0.576. The van der Waals surface area contributed by atoms with Crippen LogP contribution in [0.5, 0.6) is 0 Å². The average molecular weight is 300 g/mol. The maximum atomic E-state index is 11.5. The van der Waals surface area contributed by atoms with Crippen molar-refractivity contribution in [2.24, 2.45) is 7.05 Å². The Hall–Kier alpha value is -1.53. The summed E-state index contributed by atoms with van der Waals surface area (Å²) in [7, 11) is -1.35. The lowest BCUT2D eigenvalue weighted by molar-refractivity contribution is 0.602. The molecule has 19 heavy (non-hydrogen) atoms. The molecule has 1 heterocycles. The molecule has 0 atom stereocenters. The molecule has 7 heteroatoms. The number of hydrogen-bond donors (Lipinski definition) is 1. The molecule has 1 N–H and O–H groups in total. The highest BCUT2D eigenvalue weighted by Crippen LogP contribution is 2.25. The van der Waals surface area contributed by atoms with Gasteiger partial charge in [0.1, 0.15) is 5.82 Å². The highest BCUT2D eigenvalue weighted by Gasteiger charge is 2.10. The Morgan fingerprint density at radius 1 is 1.42 bits per heavy atom. The number of imidazole rings is 1. The van der Waals surface area contributed by atoms with E-state index in [1.807, 2.05) is 17.8 Å². The Bertz CT molecular complexity index is 695. The molecule has 0 aliphatic rings. The van der Waals surface area contributed by atoms with Crippen LogP contribution in [0.4, 0.5) is 5.69 Å². The smallest absolute Gasteiger partial charge is 0.175 e. The number of sulfone groups is 1. The molecule has 0 aliphatic carbocycles. The second kappa shape index (κ2) is 5.22. The van der Waals surface area contributed by atoms with Gasteiger partial charge in [-0.2, -0.15) is 0 Å². The van der Waals surface area contributed by atoms with Crippen molar-refractivity contribution in [3.63, 3.8) is 0 Å². The summed E-state index contributed by atoms with van der Waals surface area (Å²) in [5.74, 6) is 0.834. The normalized spacial score (nSPS) is 11.5. The fraction of sp³-hybridized carbons (Fsp3) is 0.250. The zero-order valence-corrected chi connectivity index (χ0v) is 12.2. The van der Waals surface area contributed by atoms with E-state index in [1.165, 1.54) is 18.4 Å². The van der Waals surface area contributed by atoms with E-state index >= 15 is 0 Å². The fourth-order valence-electron chi connectivity index (χ4n) is 1.61. The summed E-state index contributed by atoms with van der Waals surface area (Å²) in [6.07, 6.45) is 4.70. The van der Waals surface area contributed by atoms with Crippen LogP contribution in [-0.4, -0.2) is 24.2 Å². The van der Waals surface area contributed by atoms with Gasteiger partial charge in [-0.3, -0.25) is 0 Å². The van der Waals surface area contributed by atoms with E-state index in [9.17, 15) is 8.42 Å². The third-order valence-electron chi connectivity index (χ3n) is 2.72. The van der Waals surface area contributed by atoms with Gasteiger partial charge in [-0.25, -0.2) is 13.4 Å². The van der Waals surface area contributed by atoms with Crippen LogP contribution in [0.25, 0.3) is 0 Å². The molecule has 2 rings (SSSR count). The third kappa shape index (κ3) is 3.27. The molecule has 0 radical (unpaired) electrons. The monoisotopic (exact) mass is 299 g/mol. The van der Waals surface area contributed by atoms with E-state index in [0.717, 1.165) is 5.82 Å². The van der Waals surface area contributed by atoms with Crippen molar-refractivity contribution in [2.45, 2.75) is 11.4 Å². The molecule has 5 nitrogen and oxygen atoms in total. The van der Waals surface area contributed by atoms with Crippen LogP contribution in [0.3, 0.4) is 0 Å². The summed E-state index contributed by atoms with van der Waals surface area (Å²) in [6.45, 7) is 0.469. The number of rotatable bonds is 4. The third-order valence-corrected chi connectivity index (χ3v) is 4.16. The second-order valence-electron chi connectivity index (χ2n) is 4.22. The number of nitrogens with one attached hydrogen (secondary N) is 1. The fourth-order valence-corrected chi connectivity index (χ4v) is 2.44. The largest absolute Gasteiger partial charge is 0.377 e. The minimum absolute atomic E-state index is 0.235. The highest BCUT2D eigenvalue weighted by atomic mass is 35.5. The van der Waals surface area contributed by atoms with Crippen LogP contribution in [-0.2, 0) is 23.4 Å². The molecule has 0 saturated carbocycles. The zero-order chi connectivity index (χ0) is 14.0. The van der Waals surface area contributed by atoms with Gasteiger partial charge in [0.25, 0.3) is 0 Å². The lowest BCUT2D eigenvalue weighted by Crippen LogP contribution is -2.07. The standard InChI is InChI=1S/C12H14ClN3O2S/c1-16-6-5-14-12(16)8-15-11-7-9(19(2,17)18)3-4-10(11)13/h3-7,15H,8H2,1-2H3. The second-order valence-corrected chi connectivity index (χ2v) is 6.64. The van der Waals surface area contributed by atoms with Gasteiger partial charge < -0.3 is 9.88 Å². The first-order chi connectivity index (χ1) is 8.88. The van der Waals surface area contributed by atoms with Gasteiger partial charge in [0.2, 0.25) is 0 Å². The van der Waals surface area contributed by atoms with Crippen LogP contribution in [0, 0.1) is 0 Å². The molecule has 102 valence electrons. The molecule has 0 fully saturated rings. The lowest BCUT2D eigenvalue weighted by atomic mass is 10.3. The van der Waals surface area contributed by atoms with E-state index in [2.05, 4.69) is 10.3 Å². The van der Waals surface area contributed by atoms with E-state index in [0.29, 0.717) is 17.3 Å². The van der Waals surface area contributed by atoms with Gasteiger partial charge >= 0.3 is 0 Å². The van der Waals surface area contributed by atoms with Gasteiger partial charge in [0.15, 0.2) is 9.84 Å². The van der Waals surface area contributed by atoms with Gasteiger partial charge in [-0.1, -0.05) is 11.6 Å². The van der Waals surface area contributed by atoms with Crippen LogP contribution in [0.15, 0.2) is 35.5 Å². The lowest BCUT2D eigenvalue weighted by Gasteiger charge is -2.10. The molecular weight excluding hydrogens is 286 g/mol. The average Bonchev–Trinajstić information content (AvgIpc) is 2.72. The Balaban J connectivity index is 2.23. The molecular formula is C12H14ClN3O2S. The van der Waals surface area contributed by atoms with Crippen molar-refractivity contribution in [3.8, 4) is 0 Å². The van der Waals surface area contributed by atoms with Crippen molar-refractivity contribution < 1.29 is 8.42 Å². The van der Waals surface area contributed by atoms with E-state index in [1.54, 1.807) is 12.3 Å². The molecule has 1 aromatic heterocycles.